The van der Waals surface area contributed by atoms with Crippen LogP contribution < -0.4 is 35.6 Å². The highest BCUT2D eigenvalue weighted by Gasteiger charge is 2.19. The van der Waals surface area contributed by atoms with Crippen LogP contribution in [0.4, 0.5) is 0 Å². The highest BCUT2D eigenvalue weighted by Crippen LogP contribution is 2.42. The quantitative estimate of drug-likeness (QED) is 0.275. The van der Waals surface area contributed by atoms with Crippen LogP contribution in [-0.4, -0.2) is 31.5 Å². The molecule has 2 heterocycles. The minimum atomic E-state index is 0. The third-order valence-electron chi connectivity index (χ3n) is 4.60. The Labute approximate surface area is 165 Å². The number of phenols is 2. The first-order valence-corrected chi connectivity index (χ1v) is 7.99. The highest BCUT2D eigenvalue weighted by atomic mass is 79.9. The van der Waals surface area contributed by atoms with Crippen molar-refractivity contribution in [3.63, 3.8) is 0 Å². The molecule has 0 atom stereocenters. The maximum atomic E-state index is 10.6. The Morgan fingerprint density at radius 2 is 1.52 bits per heavy atom. The monoisotopic (exact) mass is 431 g/mol. The number of fused-ring (bicyclic) bond motifs is 4. The topological polar surface area (TPSA) is 72.3 Å². The molecule has 0 bridgehead atoms. The molecule has 0 radical (unpaired) electrons. The van der Waals surface area contributed by atoms with Crippen LogP contribution >= 0.6 is 0 Å². The van der Waals surface area contributed by atoms with Gasteiger partial charge in [-0.15, -0.1) is 0 Å². The first-order chi connectivity index (χ1) is 12.6. The number of nitrogens with zero attached hydrogens (tertiary/aromatic N) is 1. The molecule has 0 aliphatic heterocycles. The fourth-order valence-corrected chi connectivity index (χ4v) is 3.30. The lowest BCUT2D eigenvalue weighted by atomic mass is 10.1. The van der Waals surface area contributed by atoms with E-state index in [2.05, 4.69) is 0 Å². The first-order valence-electron chi connectivity index (χ1n) is 7.99. The van der Waals surface area contributed by atoms with Gasteiger partial charge in [0.15, 0.2) is 35.4 Å². The van der Waals surface area contributed by atoms with E-state index in [0.717, 1.165) is 21.7 Å². The standard InChI is InChI=1S/C20H17NO5.BrH/c1-24-17-7-11-4-5-21-10-14-12(6-15(21)13(11)9-16(17)22)8-18(25-2)20(26-3)19(14)23;/h4-10,22H,1-3H3;1H. The smallest absolute Gasteiger partial charge is 0.219 e. The largest absolute Gasteiger partial charge is 1.00 e. The van der Waals surface area contributed by atoms with Crippen molar-refractivity contribution >= 4 is 27.1 Å². The van der Waals surface area contributed by atoms with Crippen LogP contribution in [0.25, 0.3) is 27.1 Å². The minimum Gasteiger partial charge on any atom is -1.00 e. The summed E-state index contributed by atoms with van der Waals surface area (Å²) in [5.74, 6) is 1.26. The van der Waals surface area contributed by atoms with Gasteiger partial charge in [-0.25, -0.2) is 0 Å². The number of pyridine rings is 2. The second-order valence-electron chi connectivity index (χ2n) is 5.96. The van der Waals surface area contributed by atoms with Crippen LogP contribution in [-0.2, 0) is 0 Å². The molecule has 0 spiro atoms. The number of methoxy groups -OCH3 is 3. The summed E-state index contributed by atoms with van der Waals surface area (Å²) in [5.41, 5.74) is 0.875. The van der Waals surface area contributed by atoms with Crippen LogP contribution in [0.1, 0.15) is 0 Å². The van der Waals surface area contributed by atoms with E-state index < -0.39 is 0 Å². The predicted octanol–water partition coefficient (Wildman–Crippen LogP) is 0.173. The summed E-state index contributed by atoms with van der Waals surface area (Å²) in [6.45, 7) is 0. The first kappa shape index (κ1) is 18.8. The Hall–Kier alpha value is -2.93. The third kappa shape index (κ3) is 2.84. The van der Waals surface area contributed by atoms with Gasteiger partial charge in [0.2, 0.25) is 11.3 Å². The minimum absolute atomic E-state index is 0. The molecule has 7 heteroatoms. The van der Waals surface area contributed by atoms with Gasteiger partial charge in [0.05, 0.1) is 32.1 Å². The lowest BCUT2D eigenvalue weighted by Gasteiger charge is -2.11. The maximum Gasteiger partial charge on any atom is 0.219 e. The Kier molecular flexibility index (Phi) is 4.89. The van der Waals surface area contributed by atoms with Gasteiger partial charge in [-0.05, 0) is 23.6 Å². The van der Waals surface area contributed by atoms with E-state index >= 15 is 0 Å². The van der Waals surface area contributed by atoms with Crippen molar-refractivity contribution in [2.75, 3.05) is 21.3 Å². The molecule has 4 rings (SSSR count). The van der Waals surface area contributed by atoms with Crippen molar-refractivity contribution in [2.45, 2.75) is 0 Å². The van der Waals surface area contributed by atoms with Gasteiger partial charge in [0.1, 0.15) is 0 Å². The second-order valence-corrected chi connectivity index (χ2v) is 5.96. The lowest BCUT2D eigenvalue weighted by molar-refractivity contribution is -0.509. The number of aromatic hydroxyl groups is 2. The van der Waals surface area contributed by atoms with E-state index in [1.807, 2.05) is 35.0 Å². The van der Waals surface area contributed by atoms with Gasteiger partial charge in [-0.3, -0.25) is 0 Å². The van der Waals surface area contributed by atoms with Crippen LogP contribution in [0.5, 0.6) is 28.7 Å². The van der Waals surface area contributed by atoms with Crippen LogP contribution in [0.2, 0.25) is 0 Å². The van der Waals surface area contributed by atoms with Crippen LogP contribution in [0, 0.1) is 0 Å². The molecular weight excluding hydrogens is 414 g/mol. The van der Waals surface area contributed by atoms with E-state index in [4.69, 9.17) is 14.2 Å². The van der Waals surface area contributed by atoms with Gasteiger partial charge in [0, 0.05) is 17.5 Å². The number of phenolic OH excluding ortho intramolecular Hbond substituents is 2. The van der Waals surface area contributed by atoms with Crippen molar-refractivity contribution in [2.24, 2.45) is 0 Å². The molecule has 140 valence electrons. The van der Waals surface area contributed by atoms with E-state index in [1.54, 1.807) is 12.1 Å². The maximum absolute atomic E-state index is 10.6. The summed E-state index contributed by atoms with van der Waals surface area (Å²) >= 11 is 0. The normalized spacial score (nSPS) is 10.8. The summed E-state index contributed by atoms with van der Waals surface area (Å²) in [6.07, 6.45) is 3.71. The molecule has 0 aliphatic carbocycles. The Morgan fingerprint density at radius 1 is 0.815 bits per heavy atom. The van der Waals surface area contributed by atoms with Crippen molar-refractivity contribution in [3.05, 3.63) is 42.7 Å². The lowest BCUT2D eigenvalue weighted by Crippen LogP contribution is -3.00. The zero-order chi connectivity index (χ0) is 18.4. The average Bonchev–Trinajstić information content (AvgIpc) is 2.66. The molecule has 0 saturated carbocycles. The summed E-state index contributed by atoms with van der Waals surface area (Å²) < 4.78 is 17.7. The van der Waals surface area contributed by atoms with Crippen LogP contribution in [0.15, 0.2) is 42.7 Å². The van der Waals surface area contributed by atoms with E-state index in [1.165, 1.54) is 21.3 Å². The number of benzene rings is 2. The number of aromatic nitrogens is 1. The fourth-order valence-electron chi connectivity index (χ4n) is 3.30. The number of rotatable bonds is 3. The molecule has 0 aliphatic rings. The fraction of sp³-hybridized carbons (Fsp3) is 0.150. The molecule has 2 N–H and O–H groups in total. The number of hydrogen-bond acceptors (Lipinski definition) is 5. The van der Waals surface area contributed by atoms with Gasteiger partial charge in [-0.2, -0.15) is 4.40 Å². The molecule has 27 heavy (non-hydrogen) atoms. The summed E-state index contributed by atoms with van der Waals surface area (Å²) in [5, 5.41) is 24.0. The van der Waals surface area contributed by atoms with Crippen LogP contribution in [0.3, 0.4) is 0 Å². The van der Waals surface area contributed by atoms with Gasteiger partial charge in [-0.1, -0.05) is 0 Å². The third-order valence-corrected chi connectivity index (χ3v) is 4.60. The molecule has 6 nitrogen and oxygen atoms in total. The Bertz CT molecular complexity index is 1180. The highest BCUT2D eigenvalue weighted by molar-refractivity contribution is 6.00. The predicted molar refractivity (Wildman–Crippen MR) is 97.6 cm³/mol. The summed E-state index contributed by atoms with van der Waals surface area (Å²) in [4.78, 5) is 0. The zero-order valence-corrected chi connectivity index (χ0v) is 16.6. The van der Waals surface area contributed by atoms with Gasteiger partial charge >= 0.3 is 0 Å². The van der Waals surface area contributed by atoms with E-state index in [0.29, 0.717) is 22.6 Å². The Balaban J connectivity index is 0.00000210. The zero-order valence-electron chi connectivity index (χ0n) is 15.0. The van der Waals surface area contributed by atoms with Crippen molar-refractivity contribution in [1.29, 1.82) is 0 Å². The Morgan fingerprint density at radius 3 is 2.19 bits per heavy atom. The van der Waals surface area contributed by atoms with Gasteiger partial charge < -0.3 is 41.4 Å². The van der Waals surface area contributed by atoms with Crippen molar-refractivity contribution < 1.29 is 45.8 Å². The number of halogens is 1. The van der Waals surface area contributed by atoms with E-state index in [9.17, 15) is 10.2 Å². The van der Waals surface area contributed by atoms with Crippen molar-refractivity contribution in [1.82, 2.24) is 0 Å². The molecule has 0 unspecified atom stereocenters. The summed E-state index contributed by atoms with van der Waals surface area (Å²) in [6, 6.07) is 9.15. The molecule has 2 aromatic heterocycles. The molecule has 0 amide bonds. The molecule has 2 aromatic carbocycles. The second kappa shape index (κ2) is 7.00. The summed E-state index contributed by atoms with van der Waals surface area (Å²) in [7, 11) is 4.53. The molecule has 0 fully saturated rings. The number of ether oxygens (including phenoxy) is 3. The molecular formula is C20H18BrNO5. The molecule has 0 saturated heterocycles. The SMILES string of the molecule is COc1cc2cc[n+]3cc4c(O)c(OC)c(OC)cc4cc3c2cc1O.[Br-]. The average molecular weight is 432 g/mol. The van der Waals surface area contributed by atoms with E-state index in [-0.39, 0.29) is 28.5 Å². The number of hydrogen-bond donors (Lipinski definition) is 2. The molecule has 4 aromatic rings. The van der Waals surface area contributed by atoms with Crippen molar-refractivity contribution in [3.8, 4) is 28.7 Å². The van der Waals surface area contributed by atoms with Gasteiger partial charge in [0.25, 0.3) is 0 Å².